The number of nitrogens with zero attached hydrogens (tertiary/aromatic N) is 3. The molecule has 0 aromatic heterocycles. The molecule has 116 valence electrons. The summed E-state index contributed by atoms with van der Waals surface area (Å²) in [5, 5.41) is -0.137. The predicted molar refractivity (Wildman–Crippen MR) is 78.3 cm³/mol. The van der Waals surface area contributed by atoms with Gasteiger partial charge in [-0.3, -0.25) is 4.90 Å². The summed E-state index contributed by atoms with van der Waals surface area (Å²) < 4.78 is 29.6. The lowest BCUT2D eigenvalue weighted by atomic mass is 10.0. The Morgan fingerprint density at radius 2 is 1.75 bits per heavy atom. The number of ether oxygens (including phenoxy) is 1. The zero-order chi connectivity index (χ0) is 15.6. The average Bonchev–Trinajstić information content (AvgIpc) is 2.34. The minimum Gasteiger partial charge on any atom is -0.379 e. The summed E-state index contributed by atoms with van der Waals surface area (Å²) in [7, 11) is -3.66. The summed E-state index contributed by atoms with van der Waals surface area (Å²) in [6, 6.07) is -0.423. The molecular formula is C13H25N3O3S. The Morgan fingerprint density at radius 1 is 1.25 bits per heavy atom. The minimum absolute atomic E-state index is 0.0242. The van der Waals surface area contributed by atoms with Gasteiger partial charge in [0.15, 0.2) is 0 Å². The highest BCUT2D eigenvalue weighted by atomic mass is 32.2. The molecule has 1 atom stereocenters. The maximum Gasteiger partial charge on any atom is 0.399 e. The summed E-state index contributed by atoms with van der Waals surface area (Å²) >= 11 is 0. The third-order valence-electron chi connectivity index (χ3n) is 3.50. The Kier molecular flexibility index (Phi) is 5.49. The number of rotatable bonds is 3. The smallest absolute Gasteiger partial charge is 0.379 e. The first-order valence-electron chi connectivity index (χ1n) is 6.91. The lowest BCUT2D eigenvalue weighted by Crippen LogP contribution is -2.54. The van der Waals surface area contributed by atoms with E-state index in [0.717, 1.165) is 0 Å². The topological polar surface area (TPSA) is 83.0 Å². The van der Waals surface area contributed by atoms with E-state index in [4.69, 9.17) is 4.74 Å². The van der Waals surface area contributed by atoms with Gasteiger partial charge in [-0.05, 0) is 26.7 Å². The van der Waals surface area contributed by atoms with Crippen molar-refractivity contribution < 1.29 is 17.9 Å². The van der Waals surface area contributed by atoms with Crippen LogP contribution in [0.25, 0.3) is 5.53 Å². The minimum atomic E-state index is -3.66. The molecule has 0 amide bonds. The molecule has 1 unspecified atom stereocenters. The molecule has 1 rings (SSSR count). The average molecular weight is 303 g/mol. The van der Waals surface area contributed by atoms with Gasteiger partial charge in [-0.15, -0.1) is 0 Å². The van der Waals surface area contributed by atoms with Gasteiger partial charge in [-0.1, -0.05) is 13.8 Å². The quantitative estimate of drug-likeness (QED) is 0.339. The summed E-state index contributed by atoms with van der Waals surface area (Å²) in [4.78, 5) is 5.19. The monoisotopic (exact) mass is 303 g/mol. The summed E-state index contributed by atoms with van der Waals surface area (Å²) in [6.07, 6.45) is 0. The summed E-state index contributed by atoms with van der Waals surface area (Å²) in [5.74, 6) is 0.0242. The van der Waals surface area contributed by atoms with Crippen LogP contribution in [-0.4, -0.2) is 60.2 Å². The first-order valence-corrected chi connectivity index (χ1v) is 8.39. The van der Waals surface area contributed by atoms with Crippen molar-refractivity contribution >= 4 is 14.9 Å². The molecule has 0 saturated carbocycles. The van der Waals surface area contributed by atoms with Crippen molar-refractivity contribution in [3.8, 4) is 0 Å². The van der Waals surface area contributed by atoms with Crippen molar-refractivity contribution in [2.75, 3.05) is 26.3 Å². The highest BCUT2D eigenvalue weighted by Gasteiger charge is 2.48. The lowest BCUT2D eigenvalue weighted by Gasteiger charge is -2.34. The molecule has 1 heterocycles. The number of sulfone groups is 1. The van der Waals surface area contributed by atoms with E-state index in [1.54, 1.807) is 20.8 Å². The van der Waals surface area contributed by atoms with Crippen molar-refractivity contribution in [3.63, 3.8) is 0 Å². The molecule has 20 heavy (non-hydrogen) atoms. The Hall–Kier alpha value is -0.750. The van der Waals surface area contributed by atoms with Gasteiger partial charge in [-0.2, -0.15) is 4.79 Å². The molecule has 0 aromatic rings. The maximum absolute atomic E-state index is 12.6. The van der Waals surface area contributed by atoms with E-state index in [9.17, 15) is 13.9 Å². The van der Waals surface area contributed by atoms with Crippen LogP contribution < -0.4 is 0 Å². The zero-order valence-electron chi connectivity index (χ0n) is 13.0. The predicted octanol–water partition coefficient (Wildman–Crippen LogP) is 1.18. The van der Waals surface area contributed by atoms with Gasteiger partial charge in [0.1, 0.15) is 6.04 Å². The summed E-state index contributed by atoms with van der Waals surface area (Å²) in [6.45, 7) is 11.1. The Bertz CT molecular complexity index is 481. The Morgan fingerprint density at radius 3 is 2.10 bits per heavy atom. The van der Waals surface area contributed by atoms with E-state index in [2.05, 4.69) is 4.79 Å². The second kappa shape index (κ2) is 6.35. The van der Waals surface area contributed by atoms with Crippen LogP contribution in [-0.2, 0) is 14.6 Å². The number of hydrogen-bond donors (Lipinski definition) is 0. The van der Waals surface area contributed by atoms with Crippen LogP contribution in [0.1, 0.15) is 34.6 Å². The molecular weight excluding hydrogens is 278 g/mol. The molecule has 1 aliphatic rings. The fraction of sp³-hybridized carbons (Fsp3) is 0.923. The van der Waals surface area contributed by atoms with E-state index < -0.39 is 20.6 Å². The second-order valence-corrected chi connectivity index (χ2v) is 9.04. The SMILES string of the molecule is CC(C)C(C(=[N+]=[N-])S(=O)(=O)C(C)(C)C)N1CCOCC1. The molecule has 0 spiro atoms. The van der Waals surface area contributed by atoms with Crippen LogP contribution in [0, 0.1) is 5.92 Å². The highest BCUT2D eigenvalue weighted by Crippen LogP contribution is 2.24. The number of hydrogen-bond acceptors (Lipinski definition) is 4. The molecule has 1 fully saturated rings. The molecule has 0 N–H and O–H groups in total. The molecule has 1 saturated heterocycles. The normalized spacial score (nSPS) is 19.7. The highest BCUT2D eigenvalue weighted by molar-refractivity contribution is 8.07. The molecule has 7 heteroatoms. The standard InChI is InChI=1S/C13H25N3O3S/c1-10(2)11(16-6-8-19-9-7-16)12(15-14)20(17,18)13(3,4)5/h10-11H,6-9H2,1-5H3. The third-order valence-corrected chi connectivity index (χ3v) is 5.99. The van der Waals surface area contributed by atoms with Crippen molar-refractivity contribution in [2.45, 2.75) is 45.4 Å². The zero-order valence-corrected chi connectivity index (χ0v) is 13.8. The van der Waals surface area contributed by atoms with E-state index in [1.807, 2.05) is 18.7 Å². The maximum atomic E-state index is 12.6. The van der Waals surface area contributed by atoms with Crippen LogP contribution in [0.2, 0.25) is 0 Å². The molecule has 6 nitrogen and oxygen atoms in total. The lowest BCUT2D eigenvalue weighted by molar-refractivity contribution is -0.0262. The van der Waals surface area contributed by atoms with Crippen molar-refractivity contribution in [2.24, 2.45) is 5.92 Å². The fourth-order valence-electron chi connectivity index (χ4n) is 2.30. The van der Waals surface area contributed by atoms with Gasteiger partial charge in [0.2, 0.25) is 0 Å². The van der Waals surface area contributed by atoms with Gasteiger partial charge in [0.25, 0.3) is 9.84 Å². The molecule has 1 aliphatic heterocycles. The molecule has 0 aliphatic carbocycles. The van der Waals surface area contributed by atoms with Gasteiger partial charge in [0.05, 0.1) is 18.0 Å². The van der Waals surface area contributed by atoms with Crippen molar-refractivity contribution in [1.82, 2.24) is 4.90 Å². The van der Waals surface area contributed by atoms with Gasteiger partial charge >= 0.3 is 5.04 Å². The largest absolute Gasteiger partial charge is 0.399 e. The van der Waals surface area contributed by atoms with Gasteiger partial charge in [-0.25, -0.2) is 8.42 Å². The van der Waals surface area contributed by atoms with Gasteiger partial charge < -0.3 is 10.3 Å². The fourth-order valence-corrected chi connectivity index (χ4v) is 3.78. The second-order valence-electron chi connectivity index (χ2n) is 6.39. The first kappa shape index (κ1) is 17.3. The van der Waals surface area contributed by atoms with Gasteiger partial charge in [0, 0.05) is 13.1 Å². The Balaban J connectivity index is 3.22. The number of morpholine rings is 1. The van der Waals surface area contributed by atoms with Crippen molar-refractivity contribution in [3.05, 3.63) is 5.53 Å². The molecule has 0 aromatic carbocycles. The van der Waals surface area contributed by atoms with Crippen LogP contribution in [0.3, 0.4) is 0 Å². The molecule has 0 bridgehead atoms. The van der Waals surface area contributed by atoms with Crippen LogP contribution in [0.4, 0.5) is 0 Å². The molecule has 0 radical (unpaired) electrons. The van der Waals surface area contributed by atoms with E-state index in [-0.39, 0.29) is 11.0 Å². The van der Waals surface area contributed by atoms with E-state index in [0.29, 0.717) is 26.3 Å². The third kappa shape index (κ3) is 3.47. The van der Waals surface area contributed by atoms with Crippen LogP contribution >= 0.6 is 0 Å². The van der Waals surface area contributed by atoms with Crippen LogP contribution in [0.5, 0.6) is 0 Å². The Labute approximate surface area is 121 Å². The van der Waals surface area contributed by atoms with Crippen LogP contribution in [0.15, 0.2) is 0 Å². The van der Waals surface area contributed by atoms with E-state index >= 15 is 0 Å². The van der Waals surface area contributed by atoms with E-state index in [1.165, 1.54) is 0 Å². The summed E-state index contributed by atoms with van der Waals surface area (Å²) in [5.41, 5.74) is 9.33. The first-order chi connectivity index (χ1) is 9.13. The van der Waals surface area contributed by atoms with Crippen molar-refractivity contribution in [1.29, 1.82) is 0 Å².